The molecule has 6 heteroatoms. The summed E-state index contributed by atoms with van der Waals surface area (Å²) in [5, 5.41) is 0. The largest absolute Gasteiger partial charge is 0.616 e. The van der Waals surface area contributed by atoms with Gasteiger partial charge in [-0.1, -0.05) is 0 Å². The van der Waals surface area contributed by atoms with Crippen molar-refractivity contribution >= 4 is 9.08 Å². The quantitative estimate of drug-likeness (QED) is 0.380. The van der Waals surface area contributed by atoms with E-state index in [1.54, 1.807) is 20.8 Å². The SMILES string of the molecule is CCOC(C)(CC[Si](F)(F)F)OCC. The predicted molar refractivity (Wildman–Crippen MR) is 50.2 cm³/mol. The molecule has 0 aliphatic rings. The Labute approximate surface area is 83.9 Å². The van der Waals surface area contributed by atoms with E-state index in [-0.39, 0.29) is 6.42 Å². The normalized spacial score (nSPS) is 13.3. The molecule has 0 atom stereocenters. The number of halogens is 3. The summed E-state index contributed by atoms with van der Waals surface area (Å²) in [6, 6.07) is -0.747. The van der Waals surface area contributed by atoms with Crippen LogP contribution >= 0.6 is 0 Å². The number of hydrogen-bond acceptors (Lipinski definition) is 2. The second-order valence-electron chi connectivity index (χ2n) is 3.12. The topological polar surface area (TPSA) is 18.5 Å². The van der Waals surface area contributed by atoms with Gasteiger partial charge in [-0.15, -0.1) is 0 Å². The van der Waals surface area contributed by atoms with Crippen molar-refractivity contribution in [3.63, 3.8) is 0 Å². The van der Waals surface area contributed by atoms with E-state index in [9.17, 15) is 12.3 Å². The highest BCUT2D eigenvalue weighted by atomic mass is 28.5. The van der Waals surface area contributed by atoms with Gasteiger partial charge in [-0.05, 0) is 20.8 Å². The fraction of sp³-hybridized carbons (Fsp3) is 1.00. The molecule has 0 saturated carbocycles. The zero-order chi connectivity index (χ0) is 11.2. The number of ether oxygens (including phenoxy) is 2. The van der Waals surface area contributed by atoms with Crippen LogP contribution in [0.15, 0.2) is 0 Å². The number of rotatable bonds is 7. The molecule has 0 heterocycles. The maximum atomic E-state index is 12.1. The minimum absolute atomic E-state index is 0.107. The smallest absolute Gasteiger partial charge is 0.351 e. The van der Waals surface area contributed by atoms with Crippen molar-refractivity contribution < 1.29 is 21.8 Å². The van der Waals surface area contributed by atoms with Gasteiger partial charge in [0.05, 0.1) is 0 Å². The van der Waals surface area contributed by atoms with E-state index >= 15 is 0 Å². The summed E-state index contributed by atoms with van der Waals surface area (Å²) in [5.41, 5.74) is 0. The molecule has 0 bridgehead atoms. The van der Waals surface area contributed by atoms with E-state index in [1.165, 1.54) is 0 Å². The molecule has 0 saturated heterocycles. The van der Waals surface area contributed by atoms with E-state index in [1.807, 2.05) is 0 Å². The highest BCUT2D eigenvalue weighted by Gasteiger charge is 2.40. The molecule has 0 aromatic heterocycles. The standard InChI is InChI=1S/C8H17F3O2Si/c1-4-12-8(3,13-5-2)6-7-14(9,10)11/h4-7H2,1-3H3. The molecule has 0 fully saturated rings. The molecule has 0 spiro atoms. The summed E-state index contributed by atoms with van der Waals surface area (Å²) in [6.07, 6.45) is -0.107. The summed E-state index contributed by atoms with van der Waals surface area (Å²) < 4.78 is 46.6. The lowest BCUT2D eigenvalue weighted by molar-refractivity contribution is -0.222. The third-order valence-corrected chi connectivity index (χ3v) is 2.58. The van der Waals surface area contributed by atoms with Crippen LogP contribution in [0, 0.1) is 0 Å². The molecule has 86 valence electrons. The Balaban J connectivity index is 4.08. The average molecular weight is 230 g/mol. The first-order valence-electron chi connectivity index (χ1n) is 4.67. The molecule has 0 aliphatic carbocycles. The van der Waals surface area contributed by atoms with E-state index in [2.05, 4.69) is 0 Å². The van der Waals surface area contributed by atoms with Crippen molar-refractivity contribution in [2.75, 3.05) is 13.2 Å². The van der Waals surface area contributed by atoms with Crippen LogP contribution in [0.3, 0.4) is 0 Å². The minimum atomic E-state index is -5.49. The third-order valence-electron chi connectivity index (χ3n) is 1.76. The lowest BCUT2D eigenvalue weighted by Gasteiger charge is -2.29. The number of hydrogen-bond donors (Lipinski definition) is 0. The third kappa shape index (κ3) is 6.39. The van der Waals surface area contributed by atoms with Gasteiger partial charge in [-0.3, -0.25) is 0 Å². The molecule has 0 rings (SSSR count). The van der Waals surface area contributed by atoms with Gasteiger partial charge >= 0.3 is 9.08 Å². The lowest BCUT2D eigenvalue weighted by atomic mass is 10.2. The molecule has 0 aliphatic heterocycles. The predicted octanol–water partition coefficient (Wildman–Crippen LogP) is 3.01. The van der Waals surface area contributed by atoms with Crippen LogP contribution in [0.25, 0.3) is 0 Å². The maximum absolute atomic E-state index is 12.1. The monoisotopic (exact) mass is 230 g/mol. The Kier molecular flexibility index (Phi) is 5.69. The first-order chi connectivity index (χ1) is 6.33. The Bertz CT molecular complexity index is 155. The van der Waals surface area contributed by atoms with E-state index in [0.29, 0.717) is 13.2 Å². The second kappa shape index (κ2) is 5.72. The van der Waals surface area contributed by atoms with Gasteiger partial charge < -0.3 is 9.47 Å². The van der Waals surface area contributed by atoms with Crippen LogP contribution < -0.4 is 0 Å². The van der Waals surface area contributed by atoms with Crippen molar-refractivity contribution in [2.24, 2.45) is 0 Å². The van der Waals surface area contributed by atoms with Crippen molar-refractivity contribution in [1.29, 1.82) is 0 Å². The van der Waals surface area contributed by atoms with Crippen LogP contribution in [-0.2, 0) is 9.47 Å². The van der Waals surface area contributed by atoms with Crippen LogP contribution in [0.5, 0.6) is 0 Å². The highest BCUT2D eigenvalue weighted by molar-refractivity contribution is 6.58. The van der Waals surface area contributed by atoms with Gasteiger partial charge in [0.2, 0.25) is 0 Å². The van der Waals surface area contributed by atoms with Gasteiger partial charge in [0.1, 0.15) is 0 Å². The van der Waals surface area contributed by atoms with Crippen molar-refractivity contribution in [1.82, 2.24) is 0 Å². The zero-order valence-corrected chi connectivity index (χ0v) is 9.78. The fourth-order valence-corrected chi connectivity index (χ4v) is 1.90. The Morgan fingerprint density at radius 3 is 1.79 bits per heavy atom. The second-order valence-corrected chi connectivity index (χ2v) is 4.85. The summed E-state index contributed by atoms with van der Waals surface area (Å²) >= 11 is 0. The molecule has 0 N–H and O–H groups in total. The first-order valence-corrected chi connectivity index (χ1v) is 6.51. The molecule has 0 unspecified atom stereocenters. The average Bonchev–Trinajstić information content (AvgIpc) is 2.01. The highest BCUT2D eigenvalue weighted by Crippen LogP contribution is 2.26. The summed E-state index contributed by atoms with van der Waals surface area (Å²) in [7, 11) is -5.49. The summed E-state index contributed by atoms with van der Waals surface area (Å²) in [4.78, 5) is 0. The summed E-state index contributed by atoms with van der Waals surface area (Å²) in [6.45, 7) is 5.75. The van der Waals surface area contributed by atoms with Crippen LogP contribution in [-0.4, -0.2) is 28.1 Å². The van der Waals surface area contributed by atoms with E-state index < -0.39 is 20.9 Å². The molecule has 0 aromatic rings. The molecular weight excluding hydrogens is 213 g/mol. The molecule has 0 amide bonds. The lowest BCUT2D eigenvalue weighted by Crippen LogP contribution is -2.34. The molecular formula is C8H17F3O2Si. The van der Waals surface area contributed by atoms with Gasteiger partial charge in [0.25, 0.3) is 0 Å². The fourth-order valence-electron chi connectivity index (χ4n) is 1.17. The zero-order valence-electron chi connectivity index (χ0n) is 8.78. The Morgan fingerprint density at radius 1 is 1.07 bits per heavy atom. The molecule has 14 heavy (non-hydrogen) atoms. The van der Waals surface area contributed by atoms with E-state index in [0.717, 1.165) is 0 Å². The maximum Gasteiger partial charge on any atom is 0.616 e. The molecule has 0 radical (unpaired) electrons. The van der Waals surface area contributed by atoms with Crippen LogP contribution in [0.4, 0.5) is 12.3 Å². The molecule has 2 nitrogen and oxygen atoms in total. The van der Waals surface area contributed by atoms with E-state index in [4.69, 9.17) is 9.47 Å². The van der Waals surface area contributed by atoms with Gasteiger partial charge in [-0.25, -0.2) is 12.3 Å². The van der Waals surface area contributed by atoms with Crippen molar-refractivity contribution in [2.45, 2.75) is 39.0 Å². The minimum Gasteiger partial charge on any atom is -0.351 e. The van der Waals surface area contributed by atoms with Crippen LogP contribution in [0.2, 0.25) is 6.04 Å². The first kappa shape index (κ1) is 13.9. The van der Waals surface area contributed by atoms with Gasteiger partial charge in [-0.2, -0.15) is 0 Å². The van der Waals surface area contributed by atoms with Crippen molar-refractivity contribution in [3.8, 4) is 0 Å². The van der Waals surface area contributed by atoms with Crippen molar-refractivity contribution in [3.05, 3.63) is 0 Å². The Morgan fingerprint density at radius 2 is 1.50 bits per heavy atom. The van der Waals surface area contributed by atoms with Crippen LogP contribution in [0.1, 0.15) is 27.2 Å². The Hall–Kier alpha value is -0.0731. The van der Waals surface area contributed by atoms with Gasteiger partial charge in [0.15, 0.2) is 5.79 Å². The van der Waals surface area contributed by atoms with Gasteiger partial charge in [0, 0.05) is 25.7 Å². The molecule has 0 aromatic carbocycles. The summed E-state index contributed by atoms with van der Waals surface area (Å²) in [5.74, 6) is -1.08.